The molecular weight excluding hydrogens is 454 g/mol. The molecule has 0 aliphatic carbocycles. The minimum Gasteiger partial charge on any atom is -0.371 e. The normalized spacial score (nSPS) is 14.6. The summed E-state index contributed by atoms with van der Waals surface area (Å²) >= 11 is 7.48. The molecular formula is C22H28ClN3O3S2. The van der Waals surface area contributed by atoms with Crippen molar-refractivity contribution in [1.29, 1.82) is 0 Å². The van der Waals surface area contributed by atoms with Crippen LogP contribution in [0.1, 0.15) is 34.5 Å². The maximum Gasteiger partial charge on any atom is 0.256 e. The first-order chi connectivity index (χ1) is 14.7. The lowest BCUT2D eigenvalue weighted by atomic mass is 10.1. The molecule has 0 saturated carbocycles. The van der Waals surface area contributed by atoms with E-state index in [1.807, 2.05) is 12.1 Å². The molecule has 1 fully saturated rings. The van der Waals surface area contributed by atoms with Crippen molar-refractivity contribution in [1.82, 2.24) is 9.21 Å². The van der Waals surface area contributed by atoms with E-state index < -0.39 is 10.0 Å². The Morgan fingerprint density at radius 2 is 1.90 bits per heavy atom. The average Bonchev–Trinajstić information content (AvgIpc) is 3.17. The van der Waals surface area contributed by atoms with Gasteiger partial charge in [-0.05, 0) is 49.6 Å². The summed E-state index contributed by atoms with van der Waals surface area (Å²) in [5, 5.41) is 0. The van der Waals surface area contributed by atoms with Crippen molar-refractivity contribution >= 4 is 44.6 Å². The molecule has 168 valence electrons. The summed E-state index contributed by atoms with van der Waals surface area (Å²) in [6.07, 6.45) is 4.94. The summed E-state index contributed by atoms with van der Waals surface area (Å²) < 4.78 is 27.3. The van der Waals surface area contributed by atoms with Gasteiger partial charge in [0.15, 0.2) is 0 Å². The van der Waals surface area contributed by atoms with Crippen molar-refractivity contribution in [2.45, 2.75) is 30.7 Å². The molecule has 2 aromatic rings. The number of hydrogen-bond donors (Lipinski definition) is 0. The van der Waals surface area contributed by atoms with Gasteiger partial charge >= 0.3 is 0 Å². The molecule has 1 aliphatic rings. The highest BCUT2D eigenvalue weighted by atomic mass is 35.5. The second kappa shape index (κ2) is 10.2. The fourth-order valence-electron chi connectivity index (χ4n) is 3.64. The molecule has 3 rings (SSSR count). The lowest BCUT2D eigenvalue weighted by Gasteiger charge is -2.32. The van der Waals surface area contributed by atoms with Crippen molar-refractivity contribution in [2.75, 3.05) is 38.6 Å². The second-order valence-corrected chi connectivity index (χ2v) is 11.6. The van der Waals surface area contributed by atoms with Gasteiger partial charge in [-0.3, -0.25) is 4.79 Å². The zero-order valence-corrected chi connectivity index (χ0v) is 20.3. The van der Waals surface area contributed by atoms with Gasteiger partial charge in [0, 0.05) is 44.3 Å². The Hall–Kier alpha value is -1.87. The molecule has 1 aromatic heterocycles. The maximum absolute atomic E-state index is 13.7. The Bertz CT molecular complexity index is 1040. The molecule has 31 heavy (non-hydrogen) atoms. The highest BCUT2D eigenvalue weighted by Gasteiger charge is 2.26. The average molecular weight is 482 g/mol. The number of carbonyl (C=O) groups is 1. The summed E-state index contributed by atoms with van der Waals surface area (Å²) in [5.74, 6) is -0.221. The molecule has 9 heteroatoms. The van der Waals surface area contributed by atoms with E-state index in [1.54, 1.807) is 23.1 Å². The van der Waals surface area contributed by atoms with Crippen LogP contribution < -0.4 is 4.90 Å². The lowest BCUT2D eigenvalue weighted by molar-refractivity contribution is 0.0764. The van der Waals surface area contributed by atoms with E-state index in [-0.39, 0.29) is 10.8 Å². The van der Waals surface area contributed by atoms with Crippen LogP contribution in [0, 0.1) is 0 Å². The van der Waals surface area contributed by atoms with Crippen molar-refractivity contribution in [3.63, 3.8) is 0 Å². The number of halogens is 1. The largest absolute Gasteiger partial charge is 0.371 e. The first kappa shape index (κ1) is 23.8. The number of nitrogens with zero attached hydrogens (tertiary/aromatic N) is 3. The van der Waals surface area contributed by atoms with Gasteiger partial charge in [-0.2, -0.15) is 0 Å². The van der Waals surface area contributed by atoms with Crippen molar-refractivity contribution in [2.24, 2.45) is 0 Å². The second-order valence-electron chi connectivity index (χ2n) is 7.69. The van der Waals surface area contributed by atoms with Crippen LogP contribution in [0.25, 0.3) is 0 Å². The summed E-state index contributed by atoms with van der Waals surface area (Å²) in [7, 11) is -0.693. The minimum absolute atomic E-state index is 0.110. The van der Waals surface area contributed by atoms with E-state index in [0.717, 1.165) is 47.2 Å². The fourth-order valence-corrected chi connectivity index (χ4v) is 5.67. The number of hydrogen-bond acceptors (Lipinski definition) is 5. The molecule has 0 unspecified atom stereocenters. The Kier molecular flexibility index (Phi) is 7.80. The van der Waals surface area contributed by atoms with Gasteiger partial charge in [0.1, 0.15) is 0 Å². The molecule has 1 amide bonds. The monoisotopic (exact) mass is 481 g/mol. The minimum atomic E-state index is -3.67. The molecule has 0 radical (unpaired) electrons. The summed E-state index contributed by atoms with van der Waals surface area (Å²) in [6, 6.07) is 8.57. The van der Waals surface area contributed by atoms with Gasteiger partial charge < -0.3 is 9.80 Å². The van der Waals surface area contributed by atoms with Crippen LogP contribution in [0.15, 0.2) is 47.9 Å². The summed E-state index contributed by atoms with van der Waals surface area (Å²) in [4.78, 5) is 18.6. The van der Waals surface area contributed by atoms with Crippen molar-refractivity contribution in [3.05, 3.63) is 57.8 Å². The van der Waals surface area contributed by atoms with Crippen LogP contribution >= 0.6 is 22.9 Å². The third-order valence-electron chi connectivity index (χ3n) is 5.29. The van der Waals surface area contributed by atoms with Gasteiger partial charge in [-0.1, -0.05) is 17.7 Å². The maximum atomic E-state index is 13.7. The molecule has 1 aliphatic heterocycles. The van der Waals surface area contributed by atoms with Crippen molar-refractivity contribution in [3.8, 4) is 0 Å². The number of benzene rings is 1. The van der Waals surface area contributed by atoms with Crippen LogP contribution in [0.4, 0.5) is 5.69 Å². The number of piperidine rings is 1. The van der Waals surface area contributed by atoms with E-state index in [1.165, 1.54) is 31.5 Å². The van der Waals surface area contributed by atoms with Crippen molar-refractivity contribution < 1.29 is 13.2 Å². The van der Waals surface area contributed by atoms with Gasteiger partial charge in [0.25, 0.3) is 5.91 Å². The van der Waals surface area contributed by atoms with Crippen LogP contribution in [0.2, 0.25) is 4.34 Å². The number of anilines is 1. The number of amides is 1. The van der Waals surface area contributed by atoms with Crippen LogP contribution in [-0.2, 0) is 16.6 Å². The van der Waals surface area contributed by atoms with Crippen LogP contribution in [0.3, 0.4) is 0 Å². The smallest absolute Gasteiger partial charge is 0.256 e. The number of rotatable bonds is 8. The topological polar surface area (TPSA) is 60.9 Å². The Labute approximate surface area is 193 Å². The SMILES string of the molecule is C=CCN(Cc1ccc(Cl)s1)C(=O)c1cc(S(=O)(=O)N(C)C)ccc1N1CCCCC1. The first-order valence-electron chi connectivity index (χ1n) is 10.2. The molecule has 0 spiro atoms. The molecule has 1 aromatic carbocycles. The Morgan fingerprint density at radius 1 is 1.19 bits per heavy atom. The van der Waals surface area contributed by atoms with E-state index in [0.29, 0.717) is 23.0 Å². The Morgan fingerprint density at radius 3 is 2.48 bits per heavy atom. The summed E-state index contributed by atoms with van der Waals surface area (Å²) in [6.45, 7) is 6.21. The number of sulfonamides is 1. The third kappa shape index (κ3) is 5.49. The molecule has 0 bridgehead atoms. The summed E-state index contributed by atoms with van der Waals surface area (Å²) in [5.41, 5.74) is 1.18. The fraction of sp³-hybridized carbons (Fsp3) is 0.409. The quantitative estimate of drug-likeness (QED) is 0.522. The van der Waals surface area contributed by atoms with Gasteiger partial charge in [0.2, 0.25) is 10.0 Å². The first-order valence-corrected chi connectivity index (χ1v) is 12.8. The van der Waals surface area contributed by atoms with Gasteiger partial charge in [-0.15, -0.1) is 17.9 Å². The molecule has 0 N–H and O–H groups in total. The zero-order valence-electron chi connectivity index (χ0n) is 17.9. The van der Waals surface area contributed by atoms with E-state index in [4.69, 9.17) is 11.6 Å². The van der Waals surface area contributed by atoms with E-state index >= 15 is 0 Å². The predicted molar refractivity (Wildman–Crippen MR) is 128 cm³/mol. The lowest BCUT2D eigenvalue weighted by Crippen LogP contribution is -2.35. The third-order valence-corrected chi connectivity index (χ3v) is 8.31. The van der Waals surface area contributed by atoms with Gasteiger partial charge in [0.05, 0.1) is 21.3 Å². The van der Waals surface area contributed by atoms with E-state index in [9.17, 15) is 13.2 Å². The van der Waals surface area contributed by atoms with Crippen LogP contribution in [0.5, 0.6) is 0 Å². The van der Waals surface area contributed by atoms with Gasteiger partial charge in [-0.25, -0.2) is 12.7 Å². The molecule has 6 nitrogen and oxygen atoms in total. The molecule has 1 saturated heterocycles. The van der Waals surface area contributed by atoms with Crippen LogP contribution in [-0.4, -0.2) is 57.3 Å². The Balaban J connectivity index is 2.04. The highest BCUT2D eigenvalue weighted by Crippen LogP contribution is 2.30. The number of thiophene rings is 1. The number of carbonyl (C=O) groups excluding carboxylic acids is 1. The highest BCUT2D eigenvalue weighted by molar-refractivity contribution is 7.89. The van der Waals surface area contributed by atoms with E-state index in [2.05, 4.69) is 11.5 Å². The molecule has 0 atom stereocenters. The molecule has 2 heterocycles. The standard InChI is InChI=1S/C22H28ClN3O3S2/c1-4-12-26(16-17-8-11-21(23)30-17)22(27)19-15-18(31(28,29)24(2)3)9-10-20(19)25-13-6-5-7-14-25/h4,8-11,15H,1,5-7,12-14,16H2,2-3H3. The predicted octanol–water partition coefficient (Wildman–Crippen LogP) is 4.47. The zero-order chi connectivity index (χ0) is 22.6.